The number of carbonyl (C=O) groups is 1. The Kier molecular flexibility index (Phi) is 3.19. The molecule has 0 fully saturated rings. The lowest BCUT2D eigenvalue weighted by molar-refractivity contribution is 0.0689. The molecule has 18 heavy (non-hydrogen) atoms. The number of benzene rings is 1. The van der Waals surface area contributed by atoms with Crippen molar-refractivity contribution in [3.05, 3.63) is 52.3 Å². The van der Waals surface area contributed by atoms with Crippen molar-refractivity contribution in [2.45, 2.75) is 27.3 Å². The fraction of sp³-hybridized carbons (Fsp3) is 0.286. The first-order chi connectivity index (χ1) is 8.47. The van der Waals surface area contributed by atoms with Crippen LogP contribution in [-0.4, -0.2) is 20.9 Å². The molecule has 0 saturated carbocycles. The van der Waals surface area contributed by atoms with Gasteiger partial charge >= 0.3 is 5.97 Å². The molecule has 0 spiro atoms. The zero-order valence-electron chi connectivity index (χ0n) is 10.8. The third-order valence-corrected chi connectivity index (χ3v) is 3.02. The molecular weight excluding hydrogens is 228 g/mol. The SMILES string of the molecule is Cc1cc(C)c(Cn2ccc(C(=O)O)n2)c(C)c1. The number of rotatable bonds is 3. The Morgan fingerprint density at radius 1 is 1.28 bits per heavy atom. The van der Waals surface area contributed by atoms with Gasteiger partial charge in [0.15, 0.2) is 5.69 Å². The maximum absolute atomic E-state index is 10.8. The minimum atomic E-state index is -0.994. The molecule has 4 nitrogen and oxygen atoms in total. The molecule has 0 unspecified atom stereocenters. The number of aromatic carboxylic acids is 1. The second-order valence-electron chi connectivity index (χ2n) is 4.58. The quantitative estimate of drug-likeness (QED) is 0.902. The Balaban J connectivity index is 2.31. The topological polar surface area (TPSA) is 55.1 Å². The third kappa shape index (κ3) is 2.42. The molecule has 2 rings (SSSR count). The molecule has 0 atom stereocenters. The predicted molar refractivity (Wildman–Crippen MR) is 68.9 cm³/mol. The first kappa shape index (κ1) is 12.4. The van der Waals surface area contributed by atoms with Crippen LogP contribution < -0.4 is 0 Å². The van der Waals surface area contributed by atoms with Gasteiger partial charge in [-0.3, -0.25) is 4.68 Å². The number of carboxylic acids is 1. The highest BCUT2D eigenvalue weighted by Crippen LogP contribution is 2.17. The average Bonchev–Trinajstić information content (AvgIpc) is 2.71. The standard InChI is InChI=1S/C14H16N2O2/c1-9-6-10(2)12(11(3)7-9)8-16-5-4-13(15-16)14(17)18/h4-7H,8H2,1-3H3,(H,17,18). The van der Waals surface area contributed by atoms with Crippen molar-refractivity contribution in [2.24, 2.45) is 0 Å². The molecule has 0 aliphatic heterocycles. The van der Waals surface area contributed by atoms with Crippen LogP contribution >= 0.6 is 0 Å². The summed E-state index contributed by atoms with van der Waals surface area (Å²) >= 11 is 0. The summed E-state index contributed by atoms with van der Waals surface area (Å²) in [7, 11) is 0. The van der Waals surface area contributed by atoms with Gasteiger partial charge in [-0.25, -0.2) is 4.79 Å². The summed E-state index contributed by atoms with van der Waals surface area (Å²) in [5, 5.41) is 12.9. The van der Waals surface area contributed by atoms with Gasteiger partial charge in [0.05, 0.1) is 6.54 Å². The van der Waals surface area contributed by atoms with Gasteiger partial charge in [0.1, 0.15) is 0 Å². The summed E-state index contributed by atoms with van der Waals surface area (Å²) in [5.74, 6) is -0.994. The molecule has 2 aromatic rings. The van der Waals surface area contributed by atoms with E-state index in [1.807, 2.05) is 0 Å². The lowest BCUT2D eigenvalue weighted by Gasteiger charge is -2.11. The van der Waals surface area contributed by atoms with Crippen molar-refractivity contribution >= 4 is 5.97 Å². The van der Waals surface area contributed by atoms with Gasteiger partial charge < -0.3 is 5.11 Å². The molecule has 1 aromatic carbocycles. The molecule has 1 aromatic heterocycles. The zero-order valence-corrected chi connectivity index (χ0v) is 10.8. The predicted octanol–water partition coefficient (Wildman–Crippen LogP) is 2.55. The van der Waals surface area contributed by atoms with Crippen LogP contribution in [0.3, 0.4) is 0 Å². The van der Waals surface area contributed by atoms with Crippen LogP contribution in [0.1, 0.15) is 32.7 Å². The lowest BCUT2D eigenvalue weighted by Crippen LogP contribution is -2.06. The number of nitrogens with zero attached hydrogens (tertiary/aromatic N) is 2. The molecule has 1 heterocycles. The van der Waals surface area contributed by atoms with Crippen LogP contribution in [0.25, 0.3) is 0 Å². The van der Waals surface area contributed by atoms with Crippen molar-refractivity contribution in [2.75, 3.05) is 0 Å². The number of hydrogen-bond donors (Lipinski definition) is 1. The highest BCUT2D eigenvalue weighted by atomic mass is 16.4. The molecule has 0 saturated heterocycles. The van der Waals surface area contributed by atoms with E-state index in [2.05, 4.69) is 38.0 Å². The maximum atomic E-state index is 10.8. The minimum absolute atomic E-state index is 0.0809. The molecule has 0 radical (unpaired) electrons. The molecule has 0 aliphatic rings. The number of aromatic nitrogens is 2. The summed E-state index contributed by atoms with van der Waals surface area (Å²) in [6.07, 6.45) is 1.70. The van der Waals surface area contributed by atoms with Gasteiger partial charge in [-0.1, -0.05) is 17.7 Å². The largest absolute Gasteiger partial charge is 0.476 e. The second-order valence-corrected chi connectivity index (χ2v) is 4.58. The Bertz CT molecular complexity index is 577. The maximum Gasteiger partial charge on any atom is 0.356 e. The first-order valence-corrected chi connectivity index (χ1v) is 5.81. The van der Waals surface area contributed by atoms with Crippen LogP contribution in [0.15, 0.2) is 24.4 Å². The molecule has 0 amide bonds. The van der Waals surface area contributed by atoms with Gasteiger partial charge in [-0.2, -0.15) is 5.10 Å². The van der Waals surface area contributed by atoms with Gasteiger partial charge in [-0.05, 0) is 43.5 Å². The number of carboxylic acid groups (broad SMARTS) is 1. The van der Waals surface area contributed by atoms with E-state index in [1.54, 1.807) is 10.9 Å². The van der Waals surface area contributed by atoms with Gasteiger partial charge in [0.25, 0.3) is 0 Å². The van der Waals surface area contributed by atoms with E-state index >= 15 is 0 Å². The normalized spacial score (nSPS) is 10.6. The fourth-order valence-electron chi connectivity index (χ4n) is 2.19. The van der Waals surface area contributed by atoms with Crippen molar-refractivity contribution < 1.29 is 9.90 Å². The van der Waals surface area contributed by atoms with Gasteiger partial charge in [0, 0.05) is 6.20 Å². The molecule has 94 valence electrons. The van der Waals surface area contributed by atoms with E-state index in [9.17, 15) is 4.79 Å². The summed E-state index contributed by atoms with van der Waals surface area (Å²) in [4.78, 5) is 10.8. The van der Waals surface area contributed by atoms with Crippen LogP contribution in [0.4, 0.5) is 0 Å². The minimum Gasteiger partial charge on any atom is -0.476 e. The Morgan fingerprint density at radius 2 is 1.89 bits per heavy atom. The monoisotopic (exact) mass is 244 g/mol. The smallest absolute Gasteiger partial charge is 0.356 e. The Morgan fingerprint density at radius 3 is 2.39 bits per heavy atom. The van der Waals surface area contributed by atoms with Crippen LogP contribution in [-0.2, 0) is 6.54 Å². The number of aryl methyl sites for hydroxylation is 3. The molecule has 4 heteroatoms. The van der Waals surface area contributed by atoms with Crippen molar-refractivity contribution in [3.8, 4) is 0 Å². The summed E-state index contributed by atoms with van der Waals surface area (Å²) < 4.78 is 1.66. The van der Waals surface area contributed by atoms with E-state index in [4.69, 9.17) is 5.11 Å². The molecule has 1 N–H and O–H groups in total. The van der Waals surface area contributed by atoms with Gasteiger partial charge in [0.2, 0.25) is 0 Å². The summed E-state index contributed by atoms with van der Waals surface area (Å²) in [6.45, 7) is 6.80. The highest BCUT2D eigenvalue weighted by molar-refractivity contribution is 5.85. The summed E-state index contributed by atoms with van der Waals surface area (Å²) in [6, 6.07) is 5.77. The van der Waals surface area contributed by atoms with Crippen molar-refractivity contribution in [3.63, 3.8) is 0 Å². The zero-order chi connectivity index (χ0) is 13.3. The van der Waals surface area contributed by atoms with E-state index in [1.165, 1.54) is 28.3 Å². The fourth-order valence-corrected chi connectivity index (χ4v) is 2.19. The van der Waals surface area contributed by atoms with Crippen LogP contribution in [0.5, 0.6) is 0 Å². The number of hydrogen-bond acceptors (Lipinski definition) is 2. The lowest BCUT2D eigenvalue weighted by atomic mass is 10.00. The summed E-state index contributed by atoms with van der Waals surface area (Å²) in [5.41, 5.74) is 4.93. The van der Waals surface area contributed by atoms with E-state index < -0.39 is 5.97 Å². The van der Waals surface area contributed by atoms with Crippen molar-refractivity contribution in [1.82, 2.24) is 9.78 Å². The van der Waals surface area contributed by atoms with E-state index in [-0.39, 0.29) is 5.69 Å². The van der Waals surface area contributed by atoms with Crippen LogP contribution in [0.2, 0.25) is 0 Å². The molecule has 0 aliphatic carbocycles. The van der Waals surface area contributed by atoms with Crippen LogP contribution in [0, 0.1) is 20.8 Å². The Hall–Kier alpha value is -2.10. The van der Waals surface area contributed by atoms with Gasteiger partial charge in [-0.15, -0.1) is 0 Å². The van der Waals surface area contributed by atoms with Crippen molar-refractivity contribution in [1.29, 1.82) is 0 Å². The van der Waals surface area contributed by atoms with E-state index in [0.29, 0.717) is 6.54 Å². The third-order valence-electron chi connectivity index (χ3n) is 3.02. The first-order valence-electron chi connectivity index (χ1n) is 5.81. The average molecular weight is 244 g/mol. The second kappa shape index (κ2) is 4.64. The van der Waals surface area contributed by atoms with E-state index in [0.717, 1.165) is 0 Å². The highest BCUT2D eigenvalue weighted by Gasteiger charge is 2.09. The Labute approximate surface area is 106 Å². The molecule has 0 bridgehead atoms. The molecular formula is C14H16N2O2.